The molecule has 1 amide bonds. The number of para-hydroxylation sites is 1. The van der Waals surface area contributed by atoms with Gasteiger partial charge in [-0.3, -0.25) is 4.79 Å². The van der Waals surface area contributed by atoms with Gasteiger partial charge in [-0.05, 0) is 19.1 Å². The standard InChI is InChI=1S/C10H14ClN3O/c1-6(5-9(13)15)14-10-7(11)3-2-4-8(10)12/h2-4,6,14H,5,12H2,1H3,(H2,13,15). The molecule has 5 N–H and O–H groups in total. The number of nitrogens with one attached hydrogen (secondary N) is 1. The number of rotatable bonds is 4. The van der Waals surface area contributed by atoms with Crippen LogP contribution in [0, 0.1) is 0 Å². The van der Waals surface area contributed by atoms with Gasteiger partial charge in [0.2, 0.25) is 5.91 Å². The van der Waals surface area contributed by atoms with Crippen LogP contribution in [0.25, 0.3) is 0 Å². The molecule has 82 valence electrons. The molecule has 0 aromatic heterocycles. The summed E-state index contributed by atoms with van der Waals surface area (Å²) in [6.45, 7) is 1.84. The predicted molar refractivity (Wildman–Crippen MR) is 62.8 cm³/mol. The van der Waals surface area contributed by atoms with E-state index in [-0.39, 0.29) is 18.4 Å². The minimum absolute atomic E-state index is 0.0929. The second kappa shape index (κ2) is 4.89. The van der Waals surface area contributed by atoms with Crippen LogP contribution in [-0.4, -0.2) is 11.9 Å². The van der Waals surface area contributed by atoms with Gasteiger partial charge >= 0.3 is 0 Å². The molecule has 0 saturated heterocycles. The van der Waals surface area contributed by atoms with Crippen molar-refractivity contribution in [2.75, 3.05) is 11.1 Å². The number of anilines is 2. The SMILES string of the molecule is CC(CC(N)=O)Nc1c(N)cccc1Cl. The van der Waals surface area contributed by atoms with Crippen molar-refractivity contribution in [2.24, 2.45) is 5.73 Å². The van der Waals surface area contributed by atoms with E-state index in [9.17, 15) is 4.79 Å². The molecule has 1 aromatic carbocycles. The molecule has 0 saturated carbocycles. The van der Waals surface area contributed by atoms with E-state index in [1.165, 1.54) is 0 Å². The lowest BCUT2D eigenvalue weighted by Gasteiger charge is -2.16. The third-order valence-electron chi connectivity index (χ3n) is 1.94. The summed E-state index contributed by atoms with van der Waals surface area (Å²) in [5.74, 6) is -0.361. The Bertz CT molecular complexity index is 347. The number of nitrogens with two attached hydrogens (primary N) is 2. The van der Waals surface area contributed by atoms with Gasteiger partial charge in [0.15, 0.2) is 0 Å². The highest BCUT2D eigenvalue weighted by atomic mass is 35.5. The van der Waals surface area contributed by atoms with Crippen molar-refractivity contribution < 1.29 is 4.79 Å². The Labute approximate surface area is 93.6 Å². The first-order valence-electron chi connectivity index (χ1n) is 4.59. The van der Waals surface area contributed by atoms with Crippen LogP contribution in [0.2, 0.25) is 5.02 Å². The van der Waals surface area contributed by atoms with Crippen LogP contribution < -0.4 is 16.8 Å². The maximum absolute atomic E-state index is 10.7. The maximum Gasteiger partial charge on any atom is 0.219 e. The molecule has 0 aliphatic carbocycles. The van der Waals surface area contributed by atoms with Gasteiger partial charge in [0.25, 0.3) is 0 Å². The highest BCUT2D eigenvalue weighted by molar-refractivity contribution is 6.33. The largest absolute Gasteiger partial charge is 0.397 e. The molecule has 0 heterocycles. The van der Waals surface area contributed by atoms with Crippen molar-refractivity contribution in [3.8, 4) is 0 Å². The van der Waals surface area contributed by atoms with Gasteiger partial charge in [-0.25, -0.2) is 0 Å². The summed E-state index contributed by atoms with van der Waals surface area (Å²) < 4.78 is 0. The van der Waals surface area contributed by atoms with E-state index in [4.69, 9.17) is 23.1 Å². The van der Waals surface area contributed by atoms with Crippen molar-refractivity contribution >= 4 is 28.9 Å². The van der Waals surface area contributed by atoms with E-state index >= 15 is 0 Å². The lowest BCUT2D eigenvalue weighted by Crippen LogP contribution is -2.24. The Morgan fingerprint density at radius 2 is 2.27 bits per heavy atom. The second-order valence-electron chi connectivity index (χ2n) is 3.42. The third kappa shape index (κ3) is 3.32. The van der Waals surface area contributed by atoms with Crippen LogP contribution in [0.3, 0.4) is 0 Å². The molecule has 0 aliphatic rings. The summed E-state index contributed by atoms with van der Waals surface area (Å²) in [5.41, 5.74) is 12.0. The fourth-order valence-electron chi connectivity index (χ4n) is 1.29. The van der Waals surface area contributed by atoms with Crippen molar-refractivity contribution in [1.82, 2.24) is 0 Å². The maximum atomic E-state index is 10.7. The Hall–Kier alpha value is -1.42. The first kappa shape index (κ1) is 11.7. The Kier molecular flexibility index (Phi) is 3.80. The van der Waals surface area contributed by atoms with Gasteiger partial charge in [0.05, 0.1) is 16.4 Å². The minimum atomic E-state index is -0.361. The van der Waals surface area contributed by atoms with Crippen molar-refractivity contribution in [2.45, 2.75) is 19.4 Å². The van der Waals surface area contributed by atoms with E-state index in [2.05, 4.69) is 5.32 Å². The minimum Gasteiger partial charge on any atom is -0.397 e. The van der Waals surface area contributed by atoms with E-state index in [1.54, 1.807) is 18.2 Å². The van der Waals surface area contributed by atoms with Crippen LogP contribution in [-0.2, 0) is 4.79 Å². The van der Waals surface area contributed by atoms with E-state index in [0.29, 0.717) is 16.4 Å². The van der Waals surface area contributed by atoms with Gasteiger partial charge in [0.1, 0.15) is 0 Å². The van der Waals surface area contributed by atoms with Crippen molar-refractivity contribution in [3.63, 3.8) is 0 Å². The van der Waals surface area contributed by atoms with E-state index in [1.807, 2.05) is 6.92 Å². The number of carbonyl (C=O) groups is 1. The second-order valence-corrected chi connectivity index (χ2v) is 3.83. The smallest absolute Gasteiger partial charge is 0.219 e. The average molecular weight is 228 g/mol. The normalized spacial score (nSPS) is 12.1. The molecule has 5 heteroatoms. The summed E-state index contributed by atoms with van der Waals surface area (Å²) in [5, 5.41) is 3.59. The molecule has 1 aromatic rings. The summed E-state index contributed by atoms with van der Waals surface area (Å²) in [4.78, 5) is 10.7. The number of benzene rings is 1. The van der Waals surface area contributed by atoms with Crippen LogP contribution in [0.1, 0.15) is 13.3 Å². The molecule has 0 fully saturated rings. The number of halogens is 1. The summed E-state index contributed by atoms with van der Waals surface area (Å²) in [6.07, 6.45) is 0.241. The van der Waals surface area contributed by atoms with E-state index in [0.717, 1.165) is 0 Å². The lowest BCUT2D eigenvalue weighted by atomic mass is 10.2. The van der Waals surface area contributed by atoms with Gasteiger partial charge in [0, 0.05) is 12.5 Å². The first-order valence-corrected chi connectivity index (χ1v) is 4.97. The molecule has 4 nitrogen and oxygen atoms in total. The molecule has 0 spiro atoms. The molecule has 0 aliphatic heterocycles. The zero-order valence-corrected chi connectivity index (χ0v) is 9.21. The van der Waals surface area contributed by atoms with Gasteiger partial charge in [-0.15, -0.1) is 0 Å². The summed E-state index contributed by atoms with van der Waals surface area (Å²) in [6, 6.07) is 5.15. The summed E-state index contributed by atoms with van der Waals surface area (Å²) in [7, 11) is 0. The fourth-order valence-corrected chi connectivity index (χ4v) is 1.53. The average Bonchev–Trinajstić information content (AvgIpc) is 2.10. The lowest BCUT2D eigenvalue weighted by molar-refractivity contribution is -0.118. The Morgan fingerprint density at radius 3 is 2.80 bits per heavy atom. The molecule has 1 unspecified atom stereocenters. The molecule has 1 atom stereocenters. The van der Waals surface area contributed by atoms with Crippen molar-refractivity contribution in [1.29, 1.82) is 0 Å². The number of primary amides is 1. The summed E-state index contributed by atoms with van der Waals surface area (Å²) >= 11 is 5.95. The number of nitrogen functional groups attached to an aromatic ring is 1. The Balaban J connectivity index is 2.76. The van der Waals surface area contributed by atoms with Crippen molar-refractivity contribution in [3.05, 3.63) is 23.2 Å². The third-order valence-corrected chi connectivity index (χ3v) is 2.26. The number of hydrogen-bond donors (Lipinski definition) is 3. The molecular formula is C10H14ClN3O. The number of carbonyl (C=O) groups excluding carboxylic acids is 1. The highest BCUT2D eigenvalue weighted by Gasteiger charge is 2.09. The van der Waals surface area contributed by atoms with Crippen LogP contribution >= 0.6 is 11.6 Å². The molecule has 0 radical (unpaired) electrons. The van der Waals surface area contributed by atoms with Gasteiger partial charge in [-0.2, -0.15) is 0 Å². The monoisotopic (exact) mass is 227 g/mol. The molecule has 0 bridgehead atoms. The van der Waals surface area contributed by atoms with Gasteiger partial charge in [-0.1, -0.05) is 17.7 Å². The van der Waals surface area contributed by atoms with E-state index < -0.39 is 0 Å². The fraction of sp³-hybridized carbons (Fsp3) is 0.300. The van der Waals surface area contributed by atoms with Crippen LogP contribution in [0.15, 0.2) is 18.2 Å². The highest BCUT2D eigenvalue weighted by Crippen LogP contribution is 2.28. The molecule has 1 rings (SSSR count). The number of hydrogen-bond acceptors (Lipinski definition) is 3. The first-order chi connectivity index (χ1) is 7.00. The van der Waals surface area contributed by atoms with Crippen LogP contribution in [0.4, 0.5) is 11.4 Å². The quantitative estimate of drug-likeness (QED) is 0.684. The van der Waals surface area contributed by atoms with Gasteiger partial charge < -0.3 is 16.8 Å². The molecule has 15 heavy (non-hydrogen) atoms. The van der Waals surface area contributed by atoms with Crippen LogP contribution in [0.5, 0.6) is 0 Å². The zero-order valence-electron chi connectivity index (χ0n) is 8.46. The zero-order chi connectivity index (χ0) is 11.4. The topological polar surface area (TPSA) is 81.1 Å². The predicted octanol–water partition coefficient (Wildman–Crippen LogP) is 1.60. The number of amides is 1. The molecular weight excluding hydrogens is 214 g/mol. The Morgan fingerprint density at radius 1 is 1.60 bits per heavy atom.